The van der Waals surface area contributed by atoms with Crippen LogP contribution in [0.1, 0.15) is 15.4 Å². The van der Waals surface area contributed by atoms with Crippen LogP contribution in [-0.4, -0.2) is 35.4 Å². The summed E-state index contributed by atoms with van der Waals surface area (Å²) >= 11 is 1.36. The third-order valence-corrected chi connectivity index (χ3v) is 5.30. The molecule has 10 heteroatoms. The number of anilines is 1. The van der Waals surface area contributed by atoms with E-state index < -0.39 is 0 Å². The van der Waals surface area contributed by atoms with Crippen LogP contribution in [0.5, 0.6) is 0 Å². The fraction of sp³-hybridized carbons (Fsp3) is 0.0500. The van der Waals surface area contributed by atoms with Gasteiger partial charge >= 0.3 is 0 Å². The molecule has 0 aliphatic heterocycles. The molecule has 1 amide bonds. The second-order valence-electron chi connectivity index (χ2n) is 6.48. The number of fused-ring (bicyclic) bond motifs is 1. The fourth-order valence-electron chi connectivity index (χ4n) is 3.11. The number of hydrogen-bond donors (Lipinski definition) is 1. The topological polar surface area (TPSA) is 90.5 Å². The molecule has 0 atom stereocenters. The van der Waals surface area contributed by atoms with E-state index in [-0.39, 0.29) is 11.7 Å². The lowest BCUT2D eigenvalue weighted by atomic mass is 10.3. The van der Waals surface area contributed by atoms with E-state index in [1.165, 1.54) is 29.8 Å². The quantitative estimate of drug-likeness (QED) is 0.479. The third-order valence-electron chi connectivity index (χ3n) is 4.43. The number of halogens is 1. The molecule has 4 aromatic heterocycles. The first-order chi connectivity index (χ1) is 14.6. The Kier molecular flexibility index (Phi) is 4.32. The van der Waals surface area contributed by atoms with Crippen molar-refractivity contribution in [3.63, 3.8) is 0 Å². The zero-order valence-corrected chi connectivity index (χ0v) is 16.5. The molecular weight excluding hydrogens is 405 g/mol. The van der Waals surface area contributed by atoms with Gasteiger partial charge in [0.1, 0.15) is 18.0 Å². The molecule has 0 spiro atoms. The van der Waals surface area contributed by atoms with Crippen molar-refractivity contribution in [3.8, 4) is 11.5 Å². The van der Waals surface area contributed by atoms with Crippen molar-refractivity contribution in [3.05, 3.63) is 76.8 Å². The summed E-state index contributed by atoms with van der Waals surface area (Å²) < 4.78 is 16.4. The molecule has 5 aromatic rings. The molecule has 148 valence electrons. The van der Waals surface area contributed by atoms with E-state index in [0.717, 1.165) is 0 Å². The Labute approximate surface area is 173 Å². The Morgan fingerprint density at radius 1 is 1.13 bits per heavy atom. The van der Waals surface area contributed by atoms with Crippen LogP contribution in [0.3, 0.4) is 0 Å². The lowest BCUT2D eigenvalue weighted by molar-refractivity contribution is 0.103. The van der Waals surface area contributed by atoms with Crippen LogP contribution >= 0.6 is 11.3 Å². The molecule has 0 saturated carbocycles. The lowest BCUT2D eigenvalue weighted by Gasteiger charge is -2.08. The molecule has 0 bridgehead atoms. The number of nitrogens with one attached hydrogen (secondary N) is 1. The molecule has 1 aromatic carbocycles. The molecule has 0 aliphatic carbocycles. The van der Waals surface area contributed by atoms with Crippen LogP contribution in [-0.2, 0) is 0 Å². The fourth-order valence-corrected chi connectivity index (χ4v) is 3.73. The average molecular weight is 419 g/mol. The van der Waals surface area contributed by atoms with Crippen LogP contribution in [0, 0.1) is 12.7 Å². The van der Waals surface area contributed by atoms with Gasteiger partial charge in [0.2, 0.25) is 0 Å². The van der Waals surface area contributed by atoms with E-state index in [1.54, 1.807) is 39.8 Å². The zero-order chi connectivity index (χ0) is 20.7. The van der Waals surface area contributed by atoms with Crippen LogP contribution in [0.25, 0.3) is 22.5 Å². The molecule has 0 saturated heterocycles. The normalized spacial score (nSPS) is 11.1. The highest BCUT2D eigenvalue weighted by Crippen LogP contribution is 2.24. The van der Waals surface area contributed by atoms with Crippen LogP contribution in [0.15, 0.2) is 60.4 Å². The number of nitrogens with zero attached hydrogens (tertiary/aromatic N) is 6. The molecule has 8 nitrogen and oxygen atoms in total. The zero-order valence-electron chi connectivity index (χ0n) is 15.7. The number of carbonyl (C=O) groups is 1. The van der Waals surface area contributed by atoms with E-state index in [9.17, 15) is 9.18 Å². The summed E-state index contributed by atoms with van der Waals surface area (Å²) in [4.78, 5) is 21.8. The predicted molar refractivity (Wildman–Crippen MR) is 111 cm³/mol. The van der Waals surface area contributed by atoms with Gasteiger partial charge in [-0.25, -0.2) is 19.0 Å². The van der Waals surface area contributed by atoms with E-state index in [0.29, 0.717) is 38.9 Å². The Morgan fingerprint density at radius 3 is 2.73 bits per heavy atom. The smallest absolute Gasteiger partial charge is 0.266 e. The molecule has 0 radical (unpaired) electrons. The van der Waals surface area contributed by atoms with E-state index in [2.05, 4.69) is 25.5 Å². The summed E-state index contributed by atoms with van der Waals surface area (Å²) in [6.07, 6.45) is 3.02. The van der Waals surface area contributed by atoms with E-state index >= 15 is 0 Å². The second kappa shape index (κ2) is 7.16. The van der Waals surface area contributed by atoms with Crippen molar-refractivity contribution in [1.82, 2.24) is 29.5 Å². The Morgan fingerprint density at radius 2 is 1.97 bits per heavy atom. The molecule has 4 heterocycles. The standard InChI is InChI=1S/C20H14FN7OS/c1-12-9-17(25-20(29)16-3-2-8-30-16)28(26-12)19-15-10-24-27(18(15)22-11-23-19)14-6-4-13(21)5-7-14/h2-11H,1H3,(H,25,29). The van der Waals surface area contributed by atoms with Crippen molar-refractivity contribution >= 4 is 34.1 Å². The van der Waals surface area contributed by atoms with Crippen molar-refractivity contribution < 1.29 is 9.18 Å². The maximum Gasteiger partial charge on any atom is 0.266 e. The molecule has 5 rings (SSSR count). The van der Waals surface area contributed by atoms with Gasteiger partial charge < -0.3 is 5.32 Å². The van der Waals surface area contributed by atoms with Gasteiger partial charge in [-0.3, -0.25) is 4.79 Å². The van der Waals surface area contributed by atoms with Crippen molar-refractivity contribution in [1.29, 1.82) is 0 Å². The van der Waals surface area contributed by atoms with Crippen LogP contribution in [0.4, 0.5) is 10.2 Å². The number of benzene rings is 1. The molecular formula is C20H14FN7OS. The summed E-state index contributed by atoms with van der Waals surface area (Å²) in [5.41, 5.74) is 1.92. The first-order valence-electron chi connectivity index (χ1n) is 8.97. The van der Waals surface area contributed by atoms with E-state index in [4.69, 9.17) is 0 Å². The summed E-state index contributed by atoms with van der Waals surface area (Å²) in [5, 5.41) is 14.2. The predicted octanol–water partition coefficient (Wildman–Crippen LogP) is 3.76. The van der Waals surface area contributed by atoms with Crippen LogP contribution in [0.2, 0.25) is 0 Å². The van der Waals surface area contributed by atoms with Gasteiger partial charge in [0.15, 0.2) is 11.5 Å². The maximum absolute atomic E-state index is 13.3. The largest absolute Gasteiger partial charge is 0.306 e. The average Bonchev–Trinajstić information content (AvgIpc) is 3.48. The maximum atomic E-state index is 13.3. The third kappa shape index (κ3) is 3.12. The first-order valence-corrected chi connectivity index (χ1v) is 9.85. The Bertz CT molecular complexity index is 1360. The first kappa shape index (κ1) is 18.1. The lowest BCUT2D eigenvalue weighted by Crippen LogP contribution is -2.14. The second-order valence-corrected chi connectivity index (χ2v) is 7.43. The molecule has 0 fully saturated rings. The summed E-state index contributed by atoms with van der Waals surface area (Å²) in [6.45, 7) is 1.83. The van der Waals surface area contributed by atoms with Crippen LogP contribution < -0.4 is 5.32 Å². The minimum absolute atomic E-state index is 0.224. The molecule has 0 aliphatic rings. The molecule has 1 N–H and O–H groups in total. The molecule has 30 heavy (non-hydrogen) atoms. The highest BCUT2D eigenvalue weighted by atomic mass is 32.1. The number of carbonyl (C=O) groups excluding carboxylic acids is 1. The van der Waals surface area contributed by atoms with Crippen molar-refractivity contribution in [2.24, 2.45) is 0 Å². The van der Waals surface area contributed by atoms with Gasteiger partial charge in [0.25, 0.3) is 5.91 Å². The SMILES string of the molecule is Cc1cc(NC(=O)c2cccs2)n(-c2ncnc3c2cnn3-c2ccc(F)cc2)n1. The van der Waals surface area contributed by atoms with Crippen molar-refractivity contribution in [2.75, 3.05) is 5.32 Å². The summed E-state index contributed by atoms with van der Waals surface area (Å²) in [7, 11) is 0. The number of amides is 1. The summed E-state index contributed by atoms with van der Waals surface area (Å²) in [5.74, 6) is 0.408. The molecule has 0 unspecified atom stereocenters. The number of aromatic nitrogens is 6. The number of aryl methyl sites for hydroxylation is 1. The number of hydrogen-bond acceptors (Lipinski definition) is 6. The Balaban J connectivity index is 1.59. The highest BCUT2D eigenvalue weighted by molar-refractivity contribution is 7.12. The minimum atomic E-state index is -0.330. The highest BCUT2D eigenvalue weighted by Gasteiger charge is 2.18. The van der Waals surface area contributed by atoms with Gasteiger partial charge in [-0.2, -0.15) is 14.9 Å². The minimum Gasteiger partial charge on any atom is -0.306 e. The van der Waals surface area contributed by atoms with Gasteiger partial charge in [0, 0.05) is 6.07 Å². The number of rotatable bonds is 4. The van der Waals surface area contributed by atoms with Gasteiger partial charge in [-0.05, 0) is 42.6 Å². The summed E-state index contributed by atoms with van der Waals surface area (Å²) in [6, 6.07) is 11.3. The van der Waals surface area contributed by atoms with Gasteiger partial charge in [0.05, 0.1) is 27.8 Å². The Hall–Kier alpha value is -3.92. The van der Waals surface area contributed by atoms with Gasteiger partial charge in [-0.1, -0.05) is 6.07 Å². The number of thiophene rings is 1. The van der Waals surface area contributed by atoms with Crippen molar-refractivity contribution in [2.45, 2.75) is 6.92 Å². The van der Waals surface area contributed by atoms with E-state index in [1.807, 2.05) is 18.4 Å². The monoisotopic (exact) mass is 419 g/mol. The van der Waals surface area contributed by atoms with Gasteiger partial charge in [-0.15, -0.1) is 11.3 Å².